The molecule has 0 saturated heterocycles. The van der Waals surface area contributed by atoms with Crippen molar-refractivity contribution in [2.24, 2.45) is 10.7 Å². The van der Waals surface area contributed by atoms with Crippen molar-refractivity contribution < 1.29 is 8.95 Å². The quantitative estimate of drug-likeness (QED) is 0.427. The molecule has 3 heterocycles. The molecule has 154 valence electrons. The van der Waals surface area contributed by atoms with Crippen LogP contribution in [0.4, 0.5) is 0 Å². The van der Waals surface area contributed by atoms with E-state index in [2.05, 4.69) is 11.1 Å². The van der Waals surface area contributed by atoms with E-state index in [1.165, 1.54) is 16.3 Å². The standard InChI is InChI=1S/C19H24N6O2S2/c1-19(9-29(26)25(2)18(22)24-19)16-12(11-4-3-5-11)8-15(28-16)13-6-7-14(23-13)17(21)27-10-20/h6-8,10-11,20-21,23H,3-5,9H2,1-2H3,(H2,22,24). The number of H-pyrrole nitrogens is 1. The fourth-order valence-corrected chi connectivity index (χ4v) is 6.23. The zero-order valence-corrected chi connectivity index (χ0v) is 18.0. The minimum Gasteiger partial charge on any atom is -0.426 e. The van der Waals surface area contributed by atoms with Crippen LogP contribution in [0, 0.1) is 10.8 Å². The van der Waals surface area contributed by atoms with Gasteiger partial charge in [-0.1, -0.05) is 6.42 Å². The van der Waals surface area contributed by atoms with Crippen molar-refractivity contribution in [1.82, 2.24) is 9.29 Å². The Bertz CT molecular complexity index is 1020. The highest BCUT2D eigenvalue weighted by atomic mass is 32.2. The molecule has 0 radical (unpaired) electrons. The highest BCUT2D eigenvalue weighted by molar-refractivity contribution is 7.83. The van der Waals surface area contributed by atoms with Crippen molar-refractivity contribution in [1.29, 1.82) is 10.8 Å². The van der Waals surface area contributed by atoms with Gasteiger partial charge in [0.25, 0.3) is 0 Å². The molecule has 0 amide bonds. The van der Waals surface area contributed by atoms with Gasteiger partial charge in [0.1, 0.15) is 22.2 Å². The predicted molar refractivity (Wildman–Crippen MR) is 117 cm³/mol. The predicted octanol–water partition coefficient (Wildman–Crippen LogP) is 3.10. The smallest absolute Gasteiger partial charge is 0.236 e. The molecule has 8 nitrogen and oxygen atoms in total. The normalized spacial score (nSPS) is 24.7. The van der Waals surface area contributed by atoms with E-state index in [1.54, 1.807) is 24.5 Å². The van der Waals surface area contributed by atoms with E-state index in [-0.39, 0.29) is 5.90 Å². The molecule has 1 aliphatic heterocycles. The number of aromatic amines is 1. The third-order valence-electron chi connectivity index (χ3n) is 5.56. The lowest BCUT2D eigenvalue weighted by atomic mass is 9.78. The summed E-state index contributed by atoms with van der Waals surface area (Å²) in [4.78, 5) is 10.1. The Balaban J connectivity index is 1.76. The molecule has 10 heteroatoms. The van der Waals surface area contributed by atoms with Crippen molar-refractivity contribution in [3.8, 4) is 10.6 Å². The molecular formula is C19H24N6O2S2. The van der Waals surface area contributed by atoms with Crippen LogP contribution in [0.1, 0.15) is 48.2 Å². The number of hydrogen-bond donors (Lipinski definition) is 4. The summed E-state index contributed by atoms with van der Waals surface area (Å²) in [6.07, 6.45) is 4.26. The maximum Gasteiger partial charge on any atom is 0.236 e. The first kappa shape index (κ1) is 19.8. The van der Waals surface area contributed by atoms with Crippen LogP contribution < -0.4 is 5.73 Å². The number of nitrogens with zero attached hydrogens (tertiary/aromatic N) is 2. The number of hydrogen-bond acceptors (Lipinski definition) is 7. The van der Waals surface area contributed by atoms with Gasteiger partial charge in [0.05, 0.1) is 16.3 Å². The number of ether oxygens (including phenoxy) is 1. The highest BCUT2D eigenvalue weighted by Gasteiger charge is 2.40. The average molecular weight is 433 g/mol. The van der Waals surface area contributed by atoms with Gasteiger partial charge in [-0.2, -0.15) is 0 Å². The van der Waals surface area contributed by atoms with Crippen LogP contribution in [0.2, 0.25) is 0 Å². The Morgan fingerprint density at radius 1 is 1.52 bits per heavy atom. The van der Waals surface area contributed by atoms with Gasteiger partial charge in [-0.15, -0.1) is 11.3 Å². The Kier molecular flexibility index (Phi) is 5.07. The summed E-state index contributed by atoms with van der Waals surface area (Å²) < 4.78 is 19.0. The molecule has 0 spiro atoms. The Hall–Kier alpha value is -2.46. The lowest BCUT2D eigenvalue weighted by Crippen LogP contribution is -2.47. The van der Waals surface area contributed by atoms with Crippen molar-refractivity contribution in [3.05, 3.63) is 34.3 Å². The third-order valence-corrected chi connectivity index (χ3v) is 8.61. The van der Waals surface area contributed by atoms with Crippen molar-refractivity contribution in [2.45, 2.75) is 37.6 Å². The molecule has 0 bridgehead atoms. The Labute approximate surface area is 175 Å². The van der Waals surface area contributed by atoms with E-state index in [0.717, 1.165) is 34.7 Å². The van der Waals surface area contributed by atoms with Crippen molar-refractivity contribution in [3.63, 3.8) is 0 Å². The maximum atomic E-state index is 12.6. The molecule has 2 unspecified atom stereocenters. The summed E-state index contributed by atoms with van der Waals surface area (Å²) in [7, 11) is 0.482. The summed E-state index contributed by atoms with van der Waals surface area (Å²) in [5, 5.41) is 14.8. The summed E-state index contributed by atoms with van der Waals surface area (Å²) in [5.74, 6) is 1.09. The van der Waals surface area contributed by atoms with Gasteiger partial charge in [-0.3, -0.25) is 15.1 Å². The molecule has 1 fully saturated rings. The van der Waals surface area contributed by atoms with Crippen LogP contribution in [-0.4, -0.2) is 44.6 Å². The second kappa shape index (κ2) is 7.42. The third kappa shape index (κ3) is 3.51. The van der Waals surface area contributed by atoms with E-state index >= 15 is 0 Å². The number of thiophene rings is 1. The molecule has 1 aliphatic carbocycles. The van der Waals surface area contributed by atoms with Gasteiger partial charge in [-0.05, 0) is 49.4 Å². The number of aliphatic imine (C=N–C) groups is 1. The number of nitrogens with two attached hydrogens (primary N) is 1. The fraction of sp³-hybridized carbons (Fsp3) is 0.421. The Morgan fingerprint density at radius 3 is 2.90 bits per heavy atom. The zero-order valence-electron chi connectivity index (χ0n) is 16.3. The summed E-state index contributed by atoms with van der Waals surface area (Å²) >= 11 is 1.64. The molecule has 2 aliphatic rings. The molecule has 0 aromatic carbocycles. The van der Waals surface area contributed by atoms with Crippen LogP contribution in [0.25, 0.3) is 10.6 Å². The van der Waals surface area contributed by atoms with Gasteiger partial charge in [0.15, 0.2) is 6.40 Å². The number of guanidine groups is 1. The molecule has 5 N–H and O–H groups in total. The van der Waals surface area contributed by atoms with E-state index in [9.17, 15) is 4.21 Å². The molecule has 4 rings (SSSR count). The minimum absolute atomic E-state index is 0.0997. The van der Waals surface area contributed by atoms with Gasteiger partial charge in [0.2, 0.25) is 11.9 Å². The number of rotatable bonds is 5. The molecule has 2 atom stereocenters. The Morgan fingerprint density at radius 2 is 2.28 bits per heavy atom. The van der Waals surface area contributed by atoms with Gasteiger partial charge < -0.3 is 15.5 Å². The van der Waals surface area contributed by atoms with Crippen LogP contribution >= 0.6 is 11.3 Å². The topological polar surface area (TPSA) is 131 Å². The minimum atomic E-state index is -1.22. The van der Waals surface area contributed by atoms with Crippen LogP contribution in [0.15, 0.2) is 23.2 Å². The van der Waals surface area contributed by atoms with E-state index in [4.69, 9.17) is 26.3 Å². The zero-order chi connectivity index (χ0) is 20.8. The molecule has 2 aromatic rings. The lowest BCUT2D eigenvalue weighted by molar-refractivity contribution is 0.410. The van der Waals surface area contributed by atoms with Crippen molar-refractivity contribution >= 4 is 40.6 Å². The molecule has 2 aromatic heterocycles. The summed E-state index contributed by atoms with van der Waals surface area (Å²) in [6.45, 7) is 2.01. The van der Waals surface area contributed by atoms with E-state index in [1.807, 2.05) is 13.0 Å². The summed E-state index contributed by atoms with van der Waals surface area (Å²) in [5.41, 5.74) is 8.09. The first-order chi connectivity index (χ1) is 13.8. The molecule has 29 heavy (non-hydrogen) atoms. The molecule has 1 saturated carbocycles. The van der Waals surface area contributed by atoms with E-state index in [0.29, 0.717) is 23.3 Å². The first-order valence-corrected chi connectivity index (χ1v) is 11.5. The van der Waals surface area contributed by atoms with Gasteiger partial charge in [-0.25, -0.2) is 9.20 Å². The fourth-order valence-electron chi connectivity index (χ4n) is 3.69. The monoisotopic (exact) mass is 432 g/mol. The lowest BCUT2D eigenvalue weighted by Gasteiger charge is -2.35. The first-order valence-electron chi connectivity index (χ1n) is 9.38. The summed E-state index contributed by atoms with van der Waals surface area (Å²) in [6, 6.07) is 5.87. The highest BCUT2D eigenvalue weighted by Crippen LogP contribution is 2.48. The van der Waals surface area contributed by atoms with Crippen molar-refractivity contribution in [2.75, 3.05) is 12.8 Å². The molecular weight excluding hydrogens is 408 g/mol. The maximum absolute atomic E-state index is 12.6. The SMILES string of the molecule is CN1C(N)=NC(C)(c2sc(-c3ccc(C(=N)OC=N)[nH]3)cc2C2CCC2)CS1=O. The van der Waals surface area contributed by atoms with Crippen LogP contribution in [-0.2, 0) is 21.3 Å². The van der Waals surface area contributed by atoms with E-state index < -0.39 is 16.5 Å². The van der Waals surface area contributed by atoms with Gasteiger partial charge in [0, 0.05) is 11.9 Å². The average Bonchev–Trinajstić information content (AvgIpc) is 3.26. The number of aromatic nitrogens is 1. The van der Waals surface area contributed by atoms with Gasteiger partial charge >= 0.3 is 0 Å². The largest absolute Gasteiger partial charge is 0.426 e. The van der Waals surface area contributed by atoms with Crippen LogP contribution in [0.3, 0.4) is 0 Å². The van der Waals surface area contributed by atoms with Crippen LogP contribution in [0.5, 0.6) is 0 Å². The second-order valence-electron chi connectivity index (χ2n) is 7.58. The number of nitrogens with one attached hydrogen (secondary N) is 3. The second-order valence-corrected chi connectivity index (χ2v) is 10.1.